The van der Waals surface area contributed by atoms with Crippen molar-refractivity contribution in [2.75, 3.05) is 25.4 Å². The fraction of sp³-hybridized carbons (Fsp3) is 0.562. The molecule has 0 aromatic heterocycles. The van der Waals surface area contributed by atoms with Crippen LogP contribution in [0.2, 0.25) is 0 Å². The van der Waals surface area contributed by atoms with Gasteiger partial charge in [0.1, 0.15) is 0 Å². The molecule has 0 bridgehead atoms. The summed E-state index contributed by atoms with van der Waals surface area (Å²) in [6, 6.07) is 8.35. The van der Waals surface area contributed by atoms with Crippen molar-refractivity contribution < 1.29 is 4.79 Å². The highest BCUT2D eigenvalue weighted by molar-refractivity contribution is 8.00. The Morgan fingerprint density at radius 3 is 3.15 bits per heavy atom. The van der Waals surface area contributed by atoms with Crippen molar-refractivity contribution in [1.29, 1.82) is 0 Å². The molecule has 1 aromatic carbocycles. The Labute approximate surface area is 125 Å². The third kappa shape index (κ3) is 2.72. The van der Waals surface area contributed by atoms with Crippen LogP contribution >= 0.6 is 11.8 Å². The first-order valence-corrected chi connectivity index (χ1v) is 8.53. The Bertz CT molecular complexity index is 491. The van der Waals surface area contributed by atoms with E-state index in [1.165, 1.54) is 11.1 Å². The van der Waals surface area contributed by atoms with E-state index in [1.807, 2.05) is 17.8 Å². The van der Waals surface area contributed by atoms with Gasteiger partial charge in [-0.3, -0.25) is 4.79 Å². The molecule has 1 saturated heterocycles. The van der Waals surface area contributed by atoms with Crippen molar-refractivity contribution in [1.82, 2.24) is 10.2 Å². The van der Waals surface area contributed by atoms with Gasteiger partial charge in [-0.05, 0) is 17.5 Å². The van der Waals surface area contributed by atoms with Crippen LogP contribution in [0.25, 0.3) is 0 Å². The van der Waals surface area contributed by atoms with Crippen molar-refractivity contribution in [3.8, 4) is 0 Å². The molecule has 2 atom stereocenters. The molecule has 3 nitrogen and oxygen atoms in total. The molecule has 108 valence electrons. The largest absolute Gasteiger partial charge is 0.340 e. The van der Waals surface area contributed by atoms with Gasteiger partial charge in [0.2, 0.25) is 5.91 Å². The van der Waals surface area contributed by atoms with E-state index < -0.39 is 0 Å². The minimum atomic E-state index is 0.000515. The summed E-state index contributed by atoms with van der Waals surface area (Å²) in [4.78, 5) is 14.9. The Morgan fingerprint density at radius 1 is 1.45 bits per heavy atom. The van der Waals surface area contributed by atoms with Gasteiger partial charge in [-0.25, -0.2) is 0 Å². The molecule has 2 aliphatic heterocycles. The van der Waals surface area contributed by atoms with Gasteiger partial charge in [0, 0.05) is 37.2 Å². The topological polar surface area (TPSA) is 32.3 Å². The number of hydrogen-bond acceptors (Lipinski definition) is 3. The molecule has 1 aromatic rings. The summed E-state index contributed by atoms with van der Waals surface area (Å²) in [7, 11) is 0. The lowest BCUT2D eigenvalue weighted by Gasteiger charge is -2.36. The highest BCUT2D eigenvalue weighted by Gasteiger charge is 2.32. The molecule has 20 heavy (non-hydrogen) atoms. The van der Waals surface area contributed by atoms with Crippen LogP contribution in [0.15, 0.2) is 24.3 Å². The second kappa shape index (κ2) is 6.19. The third-order valence-electron chi connectivity index (χ3n) is 4.30. The number of nitrogens with zero attached hydrogens (tertiary/aromatic N) is 1. The average Bonchev–Trinajstić information content (AvgIpc) is 2.53. The maximum absolute atomic E-state index is 12.9. The molecule has 1 fully saturated rings. The minimum Gasteiger partial charge on any atom is -0.340 e. The van der Waals surface area contributed by atoms with Crippen molar-refractivity contribution in [3.05, 3.63) is 35.4 Å². The monoisotopic (exact) mass is 290 g/mol. The van der Waals surface area contributed by atoms with Crippen LogP contribution in [0, 0.1) is 0 Å². The molecular weight excluding hydrogens is 268 g/mol. The lowest BCUT2D eigenvalue weighted by atomic mass is 9.89. The number of carbonyl (C=O) groups is 1. The second-order valence-electron chi connectivity index (χ2n) is 5.57. The smallest absolute Gasteiger partial charge is 0.231 e. The first-order valence-electron chi connectivity index (χ1n) is 7.48. The average molecular weight is 290 g/mol. The SMILES string of the molecule is CCC1CN(C(=O)C2CNCc3ccccc32)CCS1. The molecule has 0 spiro atoms. The summed E-state index contributed by atoms with van der Waals surface area (Å²) in [6.07, 6.45) is 1.15. The molecule has 2 unspecified atom stereocenters. The van der Waals surface area contributed by atoms with Crippen molar-refractivity contribution in [2.45, 2.75) is 31.1 Å². The summed E-state index contributed by atoms with van der Waals surface area (Å²) >= 11 is 2.01. The van der Waals surface area contributed by atoms with E-state index in [1.54, 1.807) is 0 Å². The van der Waals surface area contributed by atoms with Gasteiger partial charge < -0.3 is 10.2 Å². The van der Waals surface area contributed by atoms with Crippen LogP contribution in [0.5, 0.6) is 0 Å². The van der Waals surface area contributed by atoms with Crippen LogP contribution < -0.4 is 5.32 Å². The Hall–Kier alpha value is -1.00. The maximum atomic E-state index is 12.9. The van der Waals surface area contributed by atoms with Gasteiger partial charge in [0.15, 0.2) is 0 Å². The van der Waals surface area contributed by atoms with Gasteiger partial charge in [-0.2, -0.15) is 11.8 Å². The lowest BCUT2D eigenvalue weighted by Crippen LogP contribution is -2.47. The molecule has 0 aliphatic carbocycles. The van der Waals surface area contributed by atoms with Gasteiger partial charge in [0.25, 0.3) is 0 Å². The van der Waals surface area contributed by atoms with Crippen LogP contribution in [-0.4, -0.2) is 41.4 Å². The lowest BCUT2D eigenvalue weighted by molar-refractivity contribution is -0.132. The van der Waals surface area contributed by atoms with E-state index in [4.69, 9.17) is 0 Å². The predicted octanol–water partition coefficient (Wildman–Crippen LogP) is 2.23. The molecule has 1 amide bonds. The van der Waals surface area contributed by atoms with Gasteiger partial charge in [0.05, 0.1) is 5.92 Å². The van der Waals surface area contributed by atoms with E-state index in [-0.39, 0.29) is 5.92 Å². The fourth-order valence-electron chi connectivity index (χ4n) is 3.10. The summed E-state index contributed by atoms with van der Waals surface area (Å²) < 4.78 is 0. The number of thioether (sulfide) groups is 1. The Kier molecular flexibility index (Phi) is 4.32. The summed E-state index contributed by atoms with van der Waals surface area (Å²) in [5.74, 6) is 1.38. The van der Waals surface area contributed by atoms with Gasteiger partial charge in [-0.1, -0.05) is 31.2 Å². The quantitative estimate of drug-likeness (QED) is 0.906. The highest BCUT2D eigenvalue weighted by atomic mass is 32.2. The van der Waals surface area contributed by atoms with Gasteiger partial charge >= 0.3 is 0 Å². The van der Waals surface area contributed by atoms with Crippen LogP contribution in [0.3, 0.4) is 0 Å². The standard InChI is InChI=1S/C16H22N2OS/c1-2-13-11-18(7-8-20-13)16(19)15-10-17-9-12-5-3-4-6-14(12)15/h3-6,13,15,17H,2,7-11H2,1H3. The van der Waals surface area contributed by atoms with Gasteiger partial charge in [-0.15, -0.1) is 0 Å². The maximum Gasteiger partial charge on any atom is 0.231 e. The summed E-state index contributed by atoms with van der Waals surface area (Å²) in [5, 5.41) is 3.99. The summed E-state index contributed by atoms with van der Waals surface area (Å²) in [6.45, 7) is 5.68. The van der Waals surface area contributed by atoms with E-state index in [0.29, 0.717) is 11.2 Å². The number of nitrogens with one attached hydrogen (secondary N) is 1. The van der Waals surface area contributed by atoms with Crippen LogP contribution in [0.4, 0.5) is 0 Å². The minimum absolute atomic E-state index is 0.000515. The Balaban J connectivity index is 1.78. The molecule has 2 aliphatic rings. The van der Waals surface area contributed by atoms with E-state index in [9.17, 15) is 4.79 Å². The molecular formula is C16H22N2OS. The number of amides is 1. The fourth-order valence-corrected chi connectivity index (χ4v) is 4.28. The van der Waals surface area contributed by atoms with Crippen LogP contribution in [0.1, 0.15) is 30.4 Å². The zero-order valence-corrected chi connectivity index (χ0v) is 12.8. The van der Waals surface area contributed by atoms with E-state index >= 15 is 0 Å². The van der Waals surface area contributed by atoms with Crippen LogP contribution in [-0.2, 0) is 11.3 Å². The molecule has 3 rings (SSSR count). The van der Waals surface area contributed by atoms with Crippen molar-refractivity contribution in [2.24, 2.45) is 0 Å². The third-order valence-corrected chi connectivity index (χ3v) is 5.67. The van der Waals surface area contributed by atoms with E-state index in [2.05, 4.69) is 35.3 Å². The zero-order chi connectivity index (χ0) is 13.9. The normalized spacial score (nSPS) is 26.1. The number of rotatable bonds is 2. The number of fused-ring (bicyclic) bond motifs is 1. The zero-order valence-electron chi connectivity index (χ0n) is 12.0. The number of hydrogen-bond donors (Lipinski definition) is 1. The van der Waals surface area contributed by atoms with Crippen molar-refractivity contribution in [3.63, 3.8) is 0 Å². The Morgan fingerprint density at radius 2 is 2.30 bits per heavy atom. The number of benzene rings is 1. The molecule has 2 heterocycles. The van der Waals surface area contributed by atoms with E-state index in [0.717, 1.165) is 38.4 Å². The molecule has 4 heteroatoms. The molecule has 1 N–H and O–H groups in total. The first kappa shape index (κ1) is 14.0. The van der Waals surface area contributed by atoms with Crippen molar-refractivity contribution >= 4 is 17.7 Å². The molecule has 0 radical (unpaired) electrons. The highest BCUT2D eigenvalue weighted by Crippen LogP contribution is 2.28. The molecule has 0 saturated carbocycles. The predicted molar refractivity (Wildman–Crippen MR) is 84.0 cm³/mol. The summed E-state index contributed by atoms with van der Waals surface area (Å²) in [5.41, 5.74) is 2.50. The second-order valence-corrected chi connectivity index (χ2v) is 6.98. The number of carbonyl (C=O) groups excluding carboxylic acids is 1. The first-order chi connectivity index (χ1) is 9.79.